The maximum atomic E-state index is 12.5. The molecule has 1 heterocycles. The number of benzene rings is 1. The van der Waals surface area contributed by atoms with Crippen molar-refractivity contribution in [3.63, 3.8) is 0 Å². The van der Waals surface area contributed by atoms with Gasteiger partial charge in [0.05, 0.1) is 18.8 Å². The van der Waals surface area contributed by atoms with E-state index >= 15 is 0 Å². The summed E-state index contributed by atoms with van der Waals surface area (Å²) in [7, 11) is 0. The Morgan fingerprint density at radius 3 is 2.90 bits per heavy atom. The molecule has 0 spiro atoms. The molecule has 0 radical (unpaired) electrons. The zero-order valence-electron chi connectivity index (χ0n) is 11.7. The van der Waals surface area contributed by atoms with Gasteiger partial charge in [-0.05, 0) is 19.1 Å². The average molecular weight is 288 g/mol. The van der Waals surface area contributed by atoms with Gasteiger partial charge in [0.25, 0.3) is 0 Å². The Morgan fingerprint density at radius 1 is 1.52 bits per heavy atom. The SMILES string of the molecule is C#CCN(CC)C(=O)N1CCOc2c(C(=O)O)cccc21. The van der Waals surface area contributed by atoms with Crippen LogP contribution in [0.1, 0.15) is 17.3 Å². The highest BCUT2D eigenvalue weighted by atomic mass is 16.5. The molecule has 0 bridgehead atoms. The summed E-state index contributed by atoms with van der Waals surface area (Å²) in [6, 6.07) is 4.47. The number of carbonyl (C=O) groups is 2. The Hall–Kier alpha value is -2.68. The number of ether oxygens (including phenoxy) is 1. The maximum Gasteiger partial charge on any atom is 0.339 e. The molecule has 0 aliphatic carbocycles. The van der Waals surface area contributed by atoms with Gasteiger partial charge in [-0.3, -0.25) is 4.90 Å². The molecular formula is C15H16N2O4. The van der Waals surface area contributed by atoms with Crippen LogP contribution in [0.3, 0.4) is 0 Å². The van der Waals surface area contributed by atoms with Gasteiger partial charge in [0.2, 0.25) is 0 Å². The number of rotatable bonds is 3. The quantitative estimate of drug-likeness (QED) is 0.859. The average Bonchev–Trinajstić information content (AvgIpc) is 2.50. The van der Waals surface area contributed by atoms with Crippen LogP contribution in [0.15, 0.2) is 18.2 Å². The van der Waals surface area contributed by atoms with Crippen LogP contribution in [0.25, 0.3) is 0 Å². The minimum atomic E-state index is -1.09. The molecule has 1 N–H and O–H groups in total. The van der Waals surface area contributed by atoms with Crippen LogP contribution in [0.5, 0.6) is 5.75 Å². The largest absolute Gasteiger partial charge is 0.489 e. The number of carboxylic acid groups (broad SMARTS) is 1. The second-order valence-corrected chi connectivity index (χ2v) is 4.46. The maximum absolute atomic E-state index is 12.5. The molecule has 1 aliphatic heterocycles. The van der Waals surface area contributed by atoms with E-state index < -0.39 is 5.97 Å². The molecule has 21 heavy (non-hydrogen) atoms. The predicted octanol–water partition coefficient (Wildman–Crippen LogP) is 1.66. The van der Waals surface area contributed by atoms with E-state index in [0.29, 0.717) is 18.8 Å². The van der Waals surface area contributed by atoms with Gasteiger partial charge in [-0.1, -0.05) is 12.0 Å². The van der Waals surface area contributed by atoms with E-state index in [0.717, 1.165) is 0 Å². The minimum absolute atomic E-state index is 0.0463. The summed E-state index contributed by atoms with van der Waals surface area (Å²) in [5.41, 5.74) is 0.506. The normalized spacial score (nSPS) is 12.9. The van der Waals surface area contributed by atoms with Gasteiger partial charge in [-0.15, -0.1) is 6.42 Å². The number of fused-ring (bicyclic) bond motifs is 1. The Labute approximate surface area is 122 Å². The van der Waals surface area contributed by atoms with E-state index in [9.17, 15) is 14.7 Å². The van der Waals surface area contributed by atoms with Crippen LogP contribution < -0.4 is 9.64 Å². The Morgan fingerprint density at radius 2 is 2.29 bits per heavy atom. The highest BCUT2D eigenvalue weighted by Crippen LogP contribution is 2.35. The van der Waals surface area contributed by atoms with Crippen molar-refractivity contribution in [1.82, 2.24) is 4.90 Å². The number of carboxylic acids is 1. The fourth-order valence-electron chi connectivity index (χ4n) is 2.21. The number of para-hydroxylation sites is 1. The fraction of sp³-hybridized carbons (Fsp3) is 0.333. The van der Waals surface area contributed by atoms with E-state index in [4.69, 9.17) is 11.2 Å². The molecular weight excluding hydrogens is 272 g/mol. The Balaban J connectivity index is 2.39. The number of anilines is 1. The van der Waals surface area contributed by atoms with E-state index in [2.05, 4.69) is 5.92 Å². The van der Waals surface area contributed by atoms with Crippen LogP contribution in [0.4, 0.5) is 10.5 Å². The Bertz CT molecular complexity index is 606. The molecule has 2 amide bonds. The molecule has 110 valence electrons. The van der Waals surface area contributed by atoms with Gasteiger partial charge in [0, 0.05) is 6.54 Å². The molecule has 6 nitrogen and oxygen atoms in total. The summed E-state index contributed by atoms with van der Waals surface area (Å²) < 4.78 is 5.44. The van der Waals surface area contributed by atoms with Crippen molar-refractivity contribution >= 4 is 17.7 Å². The van der Waals surface area contributed by atoms with Crippen LogP contribution in [0.2, 0.25) is 0 Å². The minimum Gasteiger partial charge on any atom is -0.489 e. The topological polar surface area (TPSA) is 70.1 Å². The number of hydrogen-bond donors (Lipinski definition) is 1. The van der Waals surface area contributed by atoms with Gasteiger partial charge in [0.1, 0.15) is 12.2 Å². The molecule has 0 saturated heterocycles. The molecule has 0 saturated carbocycles. The van der Waals surface area contributed by atoms with Crippen molar-refractivity contribution in [3.05, 3.63) is 23.8 Å². The number of hydrogen-bond acceptors (Lipinski definition) is 3. The first-order valence-electron chi connectivity index (χ1n) is 6.59. The zero-order valence-corrected chi connectivity index (χ0v) is 11.7. The molecule has 0 atom stereocenters. The van der Waals surface area contributed by atoms with E-state index in [1.54, 1.807) is 12.1 Å². The first-order valence-corrected chi connectivity index (χ1v) is 6.59. The number of terminal acetylenes is 1. The van der Waals surface area contributed by atoms with Gasteiger partial charge in [0.15, 0.2) is 5.75 Å². The number of amides is 2. The lowest BCUT2D eigenvalue weighted by molar-refractivity contribution is 0.0691. The first kappa shape index (κ1) is 14.7. The Kier molecular flexibility index (Phi) is 4.33. The van der Waals surface area contributed by atoms with E-state index in [-0.39, 0.29) is 30.5 Å². The van der Waals surface area contributed by atoms with Gasteiger partial charge in [-0.25, -0.2) is 9.59 Å². The number of nitrogens with zero attached hydrogens (tertiary/aromatic N) is 2. The number of urea groups is 1. The smallest absolute Gasteiger partial charge is 0.339 e. The van der Waals surface area contributed by atoms with Crippen molar-refractivity contribution in [3.8, 4) is 18.1 Å². The molecule has 6 heteroatoms. The third kappa shape index (κ3) is 2.77. The first-order chi connectivity index (χ1) is 10.1. The van der Waals surface area contributed by atoms with Crippen molar-refractivity contribution < 1.29 is 19.4 Å². The van der Waals surface area contributed by atoms with Crippen LogP contribution in [0, 0.1) is 12.3 Å². The van der Waals surface area contributed by atoms with Crippen molar-refractivity contribution in [2.45, 2.75) is 6.92 Å². The lowest BCUT2D eigenvalue weighted by atomic mass is 10.1. The molecule has 0 fully saturated rings. The van der Waals surface area contributed by atoms with Gasteiger partial charge < -0.3 is 14.7 Å². The van der Waals surface area contributed by atoms with Crippen molar-refractivity contribution in [1.29, 1.82) is 0 Å². The molecule has 0 aromatic heterocycles. The molecule has 0 unspecified atom stereocenters. The summed E-state index contributed by atoms with van der Waals surface area (Å²) in [5.74, 6) is 1.58. The van der Waals surface area contributed by atoms with Gasteiger partial charge in [-0.2, -0.15) is 0 Å². The summed E-state index contributed by atoms with van der Waals surface area (Å²) in [4.78, 5) is 26.8. The monoisotopic (exact) mass is 288 g/mol. The summed E-state index contributed by atoms with van der Waals surface area (Å²) >= 11 is 0. The highest BCUT2D eigenvalue weighted by Gasteiger charge is 2.29. The lowest BCUT2D eigenvalue weighted by Gasteiger charge is -2.33. The van der Waals surface area contributed by atoms with Crippen molar-refractivity contribution in [2.75, 3.05) is 31.1 Å². The standard InChI is InChI=1S/C15H16N2O4/c1-3-8-16(4-2)15(20)17-9-10-21-13-11(14(18)19)6-5-7-12(13)17/h1,5-7H,4,8-10H2,2H3,(H,18,19). The third-order valence-corrected chi connectivity index (χ3v) is 3.24. The summed E-state index contributed by atoms with van der Waals surface area (Å²) in [6.07, 6.45) is 5.27. The number of carbonyl (C=O) groups excluding carboxylic acids is 1. The molecule has 1 aromatic rings. The van der Waals surface area contributed by atoms with Crippen LogP contribution in [-0.4, -0.2) is 48.2 Å². The molecule has 1 aromatic carbocycles. The van der Waals surface area contributed by atoms with Gasteiger partial charge >= 0.3 is 12.0 Å². The fourth-order valence-corrected chi connectivity index (χ4v) is 2.21. The molecule has 2 rings (SSSR count). The lowest BCUT2D eigenvalue weighted by Crippen LogP contribution is -2.47. The van der Waals surface area contributed by atoms with E-state index in [1.165, 1.54) is 15.9 Å². The predicted molar refractivity (Wildman–Crippen MR) is 77.7 cm³/mol. The van der Waals surface area contributed by atoms with E-state index in [1.807, 2.05) is 6.92 Å². The highest BCUT2D eigenvalue weighted by molar-refractivity contribution is 5.99. The second kappa shape index (κ2) is 6.18. The third-order valence-electron chi connectivity index (χ3n) is 3.24. The van der Waals surface area contributed by atoms with Crippen molar-refractivity contribution in [2.24, 2.45) is 0 Å². The summed E-state index contributed by atoms with van der Waals surface area (Å²) in [5, 5.41) is 9.18. The van der Waals surface area contributed by atoms with Crippen LogP contribution >= 0.6 is 0 Å². The summed E-state index contributed by atoms with van der Waals surface area (Å²) in [6.45, 7) is 3.13. The molecule has 1 aliphatic rings. The number of aromatic carboxylic acids is 1. The second-order valence-electron chi connectivity index (χ2n) is 4.46. The van der Waals surface area contributed by atoms with Crippen LogP contribution in [-0.2, 0) is 0 Å². The zero-order chi connectivity index (χ0) is 15.4.